The third-order valence-corrected chi connectivity index (χ3v) is 7.23. The van der Waals surface area contributed by atoms with Gasteiger partial charge in [0.2, 0.25) is 10.0 Å². The largest absolute Gasteiger partial charge is 0.357 e. The average molecular weight is 425 g/mol. The number of thiophene rings is 1. The minimum atomic E-state index is -3.51. The van der Waals surface area contributed by atoms with Crippen LogP contribution in [-0.4, -0.2) is 60.5 Å². The molecule has 0 aliphatic heterocycles. The molecule has 11 heteroatoms. The van der Waals surface area contributed by atoms with E-state index in [2.05, 4.69) is 20.3 Å². The lowest BCUT2D eigenvalue weighted by Crippen LogP contribution is -2.43. The number of hydrogen-bond acceptors (Lipinski definition) is 6. The smallest absolute Gasteiger partial charge is 0.250 e. The van der Waals surface area contributed by atoms with E-state index in [1.165, 1.54) is 17.6 Å². The van der Waals surface area contributed by atoms with Crippen LogP contribution in [0.5, 0.6) is 0 Å². The average Bonchev–Trinajstić information content (AvgIpc) is 2.96. The fourth-order valence-corrected chi connectivity index (χ4v) is 5.12. The van der Waals surface area contributed by atoms with E-state index in [-0.39, 0.29) is 24.9 Å². The van der Waals surface area contributed by atoms with Crippen LogP contribution in [0.4, 0.5) is 0 Å². The van der Waals surface area contributed by atoms with Gasteiger partial charge in [0.25, 0.3) is 0 Å². The number of guanidine groups is 1. The van der Waals surface area contributed by atoms with Crippen molar-refractivity contribution < 1.29 is 16.8 Å². The summed E-state index contributed by atoms with van der Waals surface area (Å²) in [6, 6.07) is 3.27. The maximum absolute atomic E-state index is 12.1. The van der Waals surface area contributed by atoms with E-state index in [0.717, 1.165) is 4.88 Å². The minimum Gasteiger partial charge on any atom is -0.357 e. The summed E-state index contributed by atoms with van der Waals surface area (Å²) in [7, 11) is -6.51. The molecule has 0 aliphatic rings. The van der Waals surface area contributed by atoms with Crippen LogP contribution in [0, 0.1) is 6.92 Å². The highest BCUT2D eigenvalue weighted by Gasteiger charge is 2.15. The molecule has 8 nitrogen and oxygen atoms in total. The number of aliphatic imine (C=N–C) groups is 1. The molecule has 26 heavy (non-hydrogen) atoms. The number of hydrogen-bond donors (Lipinski definition) is 3. The van der Waals surface area contributed by atoms with Crippen LogP contribution in [0.3, 0.4) is 0 Å². The Bertz CT molecular complexity index is 801. The third-order valence-electron chi connectivity index (χ3n) is 3.30. The fraction of sp³-hybridized carbons (Fsp3) is 0.667. The Hall–Kier alpha value is -1.17. The minimum absolute atomic E-state index is 0.0756. The standard InChI is InChI=1S/C15H28N4O4S3/c1-5-16-15(19-12(2)8-11-25(4,20)21)17-9-10-18-26(22,23)14-7-6-13(3)24-14/h6-7,12,18H,5,8-11H2,1-4H3,(H2,16,17,19). The molecular formula is C15H28N4O4S3. The number of rotatable bonds is 10. The third kappa shape index (κ3) is 8.97. The molecule has 1 unspecified atom stereocenters. The first-order chi connectivity index (χ1) is 12.0. The summed E-state index contributed by atoms with van der Waals surface area (Å²) in [4.78, 5) is 5.26. The second-order valence-electron chi connectivity index (χ2n) is 5.99. The molecule has 0 aromatic carbocycles. The van der Waals surface area contributed by atoms with E-state index in [4.69, 9.17) is 0 Å². The van der Waals surface area contributed by atoms with Crippen molar-refractivity contribution in [2.75, 3.05) is 31.6 Å². The molecular weight excluding hydrogens is 396 g/mol. The van der Waals surface area contributed by atoms with Gasteiger partial charge in [-0.1, -0.05) is 0 Å². The molecule has 0 aliphatic carbocycles. The Labute approximate surface area is 160 Å². The molecule has 3 N–H and O–H groups in total. The number of nitrogens with one attached hydrogen (secondary N) is 3. The molecule has 0 saturated carbocycles. The highest BCUT2D eigenvalue weighted by Crippen LogP contribution is 2.19. The lowest BCUT2D eigenvalue weighted by Gasteiger charge is -2.17. The van der Waals surface area contributed by atoms with E-state index in [9.17, 15) is 16.8 Å². The molecule has 1 heterocycles. The number of sulfone groups is 1. The molecule has 1 rings (SSSR count). The van der Waals surface area contributed by atoms with Crippen LogP contribution in [0.15, 0.2) is 21.3 Å². The predicted octanol–water partition coefficient (Wildman–Crippen LogP) is 0.713. The number of aryl methyl sites for hydroxylation is 1. The molecule has 1 atom stereocenters. The summed E-state index contributed by atoms with van der Waals surface area (Å²) in [5, 5.41) is 6.18. The summed E-state index contributed by atoms with van der Waals surface area (Å²) in [5.41, 5.74) is 0. The topological polar surface area (TPSA) is 117 Å². The lowest BCUT2D eigenvalue weighted by molar-refractivity contribution is 0.580. The maximum atomic E-state index is 12.1. The van der Waals surface area contributed by atoms with E-state index >= 15 is 0 Å². The van der Waals surface area contributed by atoms with Crippen molar-refractivity contribution in [3.8, 4) is 0 Å². The summed E-state index contributed by atoms with van der Waals surface area (Å²) in [5.74, 6) is 0.625. The van der Waals surface area contributed by atoms with Gasteiger partial charge in [0.1, 0.15) is 14.0 Å². The Balaban J connectivity index is 2.53. The van der Waals surface area contributed by atoms with Crippen molar-refractivity contribution in [3.63, 3.8) is 0 Å². The summed E-state index contributed by atoms with van der Waals surface area (Å²) >= 11 is 1.22. The second kappa shape index (κ2) is 10.2. The van der Waals surface area contributed by atoms with Gasteiger partial charge in [0.05, 0.1) is 12.3 Å². The van der Waals surface area contributed by atoms with Gasteiger partial charge in [-0.05, 0) is 39.3 Å². The van der Waals surface area contributed by atoms with Gasteiger partial charge in [0.15, 0.2) is 5.96 Å². The van der Waals surface area contributed by atoms with Crippen LogP contribution in [0.25, 0.3) is 0 Å². The molecule has 1 aromatic heterocycles. The van der Waals surface area contributed by atoms with Crippen molar-refractivity contribution in [2.45, 2.75) is 37.4 Å². The van der Waals surface area contributed by atoms with Crippen LogP contribution in [0.2, 0.25) is 0 Å². The van der Waals surface area contributed by atoms with Crippen molar-refractivity contribution >= 4 is 37.2 Å². The van der Waals surface area contributed by atoms with Crippen LogP contribution >= 0.6 is 11.3 Å². The van der Waals surface area contributed by atoms with E-state index in [1.54, 1.807) is 12.1 Å². The molecule has 0 bridgehead atoms. The van der Waals surface area contributed by atoms with Gasteiger partial charge >= 0.3 is 0 Å². The Kier molecular flexibility index (Phi) is 9.01. The molecule has 0 spiro atoms. The van der Waals surface area contributed by atoms with Gasteiger partial charge in [0, 0.05) is 30.3 Å². The monoisotopic (exact) mass is 424 g/mol. The van der Waals surface area contributed by atoms with Crippen molar-refractivity contribution in [3.05, 3.63) is 17.0 Å². The van der Waals surface area contributed by atoms with E-state index in [1.807, 2.05) is 20.8 Å². The highest BCUT2D eigenvalue weighted by atomic mass is 32.2. The maximum Gasteiger partial charge on any atom is 0.250 e. The SMILES string of the molecule is CCNC(=NCCNS(=O)(=O)c1ccc(C)s1)NC(C)CCS(C)(=O)=O. The second-order valence-corrected chi connectivity index (χ2v) is 11.5. The summed E-state index contributed by atoms with van der Waals surface area (Å²) < 4.78 is 49.6. The molecule has 0 saturated heterocycles. The number of nitrogens with zero attached hydrogens (tertiary/aromatic N) is 1. The van der Waals surface area contributed by atoms with Crippen molar-refractivity contribution in [1.82, 2.24) is 15.4 Å². The van der Waals surface area contributed by atoms with E-state index < -0.39 is 19.9 Å². The zero-order valence-electron chi connectivity index (χ0n) is 15.6. The molecule has 150 valence electrons. The lowest BCUT2D eigenvalue weighted by atomic mass is 10.3. The highest BCUT2D eigenvalue weighted by molar-refractivity contribution is 7.91. The summed E-state index contributed by atoms with van der Waals surface area (Å²) in [6.07, 6.45) is 1.67. The van der Waals surface area contributed by atoms with Crippen molar-refractivity contribution in [2.24, 2.45) is 4.99 Å². The molecule has 0 amide bonds. The normalized spacial score (nSPS) is 14.2. The summed E-state index contributed by atoms with van der Waals surface area (Å²) in [6.45, 7) is 6.73. The predicted molar refractivity (Wildman–Crippen MR) is 107 cm³/mol. The number of sulfonamides is 1. The molecule has 0 radical (unpaired) electrons. The first-order valence-electron chi connectivity index (χ1n) is 8.32. The van der Waals surface area contributed by atoms with Crippen LogP contribution < -0.4 is 15.4 Å². The van der Waals surface area contributed by atoms with Gasteiger partial charge < -0.3 is 10.6 Å². The zero-order chi connectivity index (χ0) is 19.8. The fourth-order valence-electron chi connectivity index (χ4n) is 1.99. The van der Waals surface area contributed by atoms with Gasteiger partial charge in [-0.25, -0.2) is 21.6 Å². The Morgan fingerprint density at radius 3 is 2.50 bits per heavy atom. The van der Waals surface area contributed by atoms with Crippen LogP contribution in [-0.2, 0) is 19.9 Å². The molecule has 1 aromatic rings. The zero-order valence-corrected chi connectivity index (χ0v) is 18.0. The van der Waals surface area contributed by atoms with Crippen molar-refractivity contribution in [1.29, 1.82) is 0 Å². The van der Waals surface area contributed by atoms with E-state index in [0.29, 0.717) is 23.1 Å². The van der Waals surface area contributed by atoms with Crippen LogP contribution in [0.1, 0.15) is 25.1 Å². The first-order valence-corrected chi connectivity index (χ1v) is 12.7. The first kappa shape index (κ1) is 22.9. The Morgan fingerprint density at radius 2 is 1.96 bits per heavy atom. The Morgan fingerprint density at radius 1 is 1.27 bits per heavy atom. The molecule has 0 fully saturated rings. The van der Waals surface area contributed by atoms with Gasteiger partial charge in [-0.15, -0.1) is 11.3 Å². The van der Waals surface area contributed by atoms with Gasteiger partial charge in [-0.3, -0.25) is 4.99 Å². The van der Waals surface area contributed by atoms with Gasteiger partial charge in [-0.2, -0.15) is 0 Å². The quantitative estimate of drug-likeness (QED) is 0.289.